The number of hydrogen-bond donors (Lipinski definition) is 0. The number of amides is 1. The average Bonchev–Trinajstić information content (AvgIpc) is 3.12. The zero-order chi connectivity index (χ0) is 17.2. The maximum atomic E-state index is 13.1. The van der Waals surface area contributed by atoms with Crippen LogP contribution in [-0.4, -0.2) is 53.8 Å². The number of aromatic nitrogens is 2. The predicted octanol–water partition coefficient (Wildman–Crippen LogP) is 2.62. The summed E-state index contributed by atoms with van der Waals surface area (Å²) >= 11 is 0. The largest absolute Gasteiger partial charge is 0.481 e. The van der Waals surface area contributed by atoms with E-state index in [4.69, 9.17) is 9.47 Å². The first-order valence-electron chi connectivity index (χ1n) is 9.15. The van der Waals surface area contributed by atoms with Crippen molar-refractivity contribution in [2.75, 3.05) is 33.4 Å². The molecule has 6 heteroatoms. The fourth-order valence-electron chi connectivity index (χ4n) is 4.24. The van der Waals surface area contributed by atoms with Crippen molar-refractivity contribution >= 4 is 11.4 Å². The van der Waals surface area contributed by atoms with Gasteiger partial charge in [-0.05, 0) is 43.6 Å². The van der Waals surface area contributed by atoms with Gasteiger partial charge in [0.05, 0.1) is 24.4 Å². The minimum absolute atomic E-state index is 0.0833. The van der Waals surface area contributed by atoms with E-state index in [2.05, 4.69) is 5.10 Å². The number of ether oxygens (including phenoxy) is 2. The van der Waals surface area contributed by atoms with Crippen LogP contribution in [-0.2, 0) is 4.74 Å². The molecule has 0 bridgehead atoms. The van der Waals surface area contributed by atoms with E-state index in [0.717, 1.165) is 51.1 Å². The molecule has 0 radical (unpaired) electrons. The van der Waals surface area contributed by atoms with Crippen LogP contribution in [0.25, 0.3) is 5.52 Å². The summed E-state index contributed by atoms with van der Waals surface area (Å²) in [6, 6.07) is 5.66. The molecule has 4 heterocycles. The van der Waals surface area contributed by atoms with Gasteiger partial charge in [0.2, 0.25) is 5.88 Å². The third-order valence-electron chi connectivity index (χ3n) is 5.63. The summed E-state index contributed by atoms with van der Waals surface area (Å²) in [4.78, 5) is 15.1. The lowest BCUT2D eigenvalue weighted by Crippen LogP contribution is -2.43. The van der Waals surface area contributed by atoms with Crippen molar-refractivity contribution in [2.24, 2.45) is 11.8 Å². The number of carbonyl (C=O) groups is 1. The lowest BCUT2D eigenvalue weighted by Gasteiger charge is -2.38. The first kappa shape index (κ1) is 16.4. The van der Waals surface area contributed by atoms with Gasteiger partial charge in [-0.15, -0.1) is 0 Å². The van der Waals surface area contributed by atoms with Gasteiger partial charge in [-0.3, -0.25) is 4.79 Å². The molecule has 2 aliphatic heterocycles. The number of fused-ring (bicyclic) bond motifs is 1. The molecule has 1 unspecified atom stereocenters. The molecular weight excluding hydrogens is 318 g/mol. The number of pyridine rings is 1. The van der Waals surface area contributed by atoms with Gasteiger partial charge in [0, 0.05) is 32.4 Å². The van der Waals surface area contributed by atoms with Gasteiger partial charge in [0.1, 0.15) is 0 Å². The topological polar surface area (TPSA) is 56.1 Å². The van der Waals surface area contributed by atoms with Gasteiger partial charge in [-0.2, -0.15) is 5.10 Å². The van der Waals surface area contributed by atoms with Crippen LogP contribution in [0.1, 0.15) is 36.0 Å². The Hall–Kier alpha value is -2.08. The van der Waals surface area contributed by atoms with Crippen LogP contribution in [0.5, 0.6) is 5.88 Å². The molecule has 134 valence electrons. The lowest BCUT2D eigenvalue weighted by molar-refractivity contribution is 0.0253. The summed E-state index contributed by atoms with van der Waals surface area (Å²) in [6.45, 7) is 3.41. The molecule has 2 fully saturated rings. The molecule has 0 saturated carbocycles. The third kappa shape index (κ3) is 3.11. The normalized spacial score (nSPS) is 22.3. The summed E-state index contributed by atoms with van der Waals surface area (Å²) in [5, 5.41) is 4.34. The highest BCUT2D eigenvalue weighted by atomic mass is 16.5. The summed E-state index contributed by atoms with van der Waals surface area (Å²) in [7, 11) is 1.61. The molecule has 0 aromatic carbocycles. The minimum Gasteiger partial charge on any atom is -0.481 e. The van der Waals surface area contributed by atoms with Gasteiger partial charge in [0.25, 0.3) is 5.91 Å². The Morgan fingerprint density at radius 1 is 1.24 bits per heavy atom. The first-order chi connectivity index (χ1) is 12.3. The fraction of sp³-hybridized carbons (Fsp3) is 0.579. The molecule has 2 aliphatic rings. The second kappa shape index (κ2) is 7.04. The van der Waals surface area contributed by atoms with Crippen LogP contribution in [0.3, 0.4) is 0 Å². The molecule has 6 nitrogen and oxygen atoms in total. The molecule has 2 aromatic heterocycles. The molecule has 0 aliphatic carbocycles. The summed E-state index contributed by atoms with van der Waals surface area (Å²) in [6.07, 6.45) is 6.22. The zero-order valence-corrected chi connectivity index (χ0v) is 14.7. The van der Waals surface area contributed by atoms with Crippen molar-refractivity contribution in [1.82, 2.24) is 14.5 Å². The Balaban J connectivity index is 1.54. The third-order valence-corrected chi connectivity index (χ3v) is 5.63. The van der Waals surface area contributed by atoms with E-state index in [9.17, 15) is 4.79 Å². The van der Waals surface area contributed by atoms with Crippen LogP contribution in [0.15, 0.2) is 24.4 Å². The van der Waals surface area contributed by atoms with Crippen LogP contribution in [0.4, 0.5) is 0 Å². The molecule has 1 amide bonds. The Morgan fingerprint density at radius 3 is 2.88 bits per heavy atom. The van der Waals surface area contributed by atoms with Crippen molar-refractivity contribution < 1.29 is 14.3 Å². The number of methoxy groups -OCH3 is 1. The maximum absolute atomic E-state index is 13.1. The molecule has 25 heavy (non-hydrogen) atoms. The van der Waals surface area contributed by atoms with E-state index in [1.165, 1.54) is 6.42 Å². The molecule has 4 rings (SSSR count). The van der Waals surface area contributed by atoms with E-state index < -0.39 is 0 Å². The Labute approximate surface area is 147 Å². The van der Waals surface area contributed by atoms with Gasteiger partial charge in [-0.25, -0.2) is 4.52 Å². The van der Waals surface area contributed by atoms with Crippen molar-refractivity contribution in [3.8, 4) is 5.88 Å². The monoisotopic (exact) mass is 343 g/mol. The van der Waals surface area contributed by atoms with Crippen LogP contribution < -0.4 is 4.74 Å². The summed E-state index contributed by atoms with van der Waals surface area (Å²) < 4.78 is 12.5. The van der Waals surface area contributed by atoms with Crippen molar-refractivity contribution in [3.63, 3.8) is 0 Å². The van der Waals surface area contributed by atoms with E-state index >= 15 is 0 Å². The number of hydrogen-bond acceptors (Lipinski definition) is 4. The molecular formula is C19H25N3O3. The highest BCUT2D eigenvalue weighted by molar-refractivity contribution is 6.00. The van der Waals surface area contributed by atoms with Crippen molar-refractivity contribution in [1.29, 1.82) is 0 Å². The van der Waals surface area contributed by atoms with E-state index in [1.807, 2.05) is 23.1 Å². The average molecular weight is 343 g/mol. The van der Waals surface area contributed by atoms with Crippen LogP contribution in [0.2, 0.25) is 0 Å². The Bertz CT molecular complexity index is 751. The fourth-order valence-corrected chi connectivity index (χ4v) is 4.24. The second-order valence-electron chi connectivity index (χ2n) is 7.03. The summed E-state index contributed by atoms with van der Waals surface area (Å²) in [5.41, 5.74) is 1.46. The standard InChI is InChI=1S/C19H25N3O3/c1-24-18-6-2-5-17-16(12-20-22(17)18)19(23)21-9-3-4-15(13-21)14-7-10-25-11-8-14/h2,5-6,12,14-15H,3-4,7-11,13H2,1H3. The lowest BCUT2D eigenvalue weighted by atomic mass is 9.81. The van der Waals surface area contributed by atoms with Crippen LogP contribution in [0, 0.1) is 11.8 Å². The van der Waals surface area contributed by atoms with Gasteiger partial charge >= 0.3 is 0 Å². The van der Waals surface area contributed by atoms with E-state index in [-0.39, 0.29) is 5.91 Å². The summed E-state index contributed by atoms with van der Waals surface area (Å²) in [5.74, 6) is 2.00. The molecule has 2 saturated heterocycles. The number of nitrogens with zero attached hydrogens (tertiary/aromatic N) is 3. The van der Waals surface area contributed by atoms with Gasteiger partial charge in [-0.1, -0.05) is 6.07 Å². The molecule has 0 spiro atoms. The maximum Gasteiger partial charge on any atom is 0.257 e. The molecule has 2 aromatic rings. The van der Waals surface area contributed by atoms with Crippen molar-refractivity contribution in [3.05, 3.63) is 30.0 Å². The SMILES string of the molecule is COc1cccc2c(C(=O)N3CCCC(C4CCOCC4)C3)cnn12. The van der Waals surface area contributed by atoms with Crippen LogP contribution >= 0.6 is 0 Å². The zero-order valence-electron chi connectivity index (χ0n) is 14.7. The highest BCUT2D eigenvalue weighted by Crippen LogP contribution is 2.31. The molecule has 0 N–H and O–H groups in total. The second-order valence-corrected chi connectivity index (χ2v) is 7.03. The Kier molecular flexibility index (Phi) is 4.61. The number of rotatable bonds is 3. The van der Waals surface area contributed by atoms with Crippen molar-refractivity contribution in [2.45, 2.75) is 25.7 Å². The highest BCUT2D eigenvalue weighted by Gasteiger charge is 2.31. The smallest absolute Gasteiger partial charge is 0.257 e. The molecule has 1 atom stereocenters. The number of likely N-dealkylation sites (tertiary alicyclic amines) is 1. The minimum atomic E-state index is 0.0833. The van der Waals surface area contributed by atoms with Gasteiger partial charge < -0.3 is 14.4 Å². The first-order valence-corrected chi connectivity index (χ1v) is 9.15. The number of carbonyl (C=O) groups excluding carboxylic acids is 1. The van der Waals surface area contributed by atoms with E-state index in [1.54, 1.807) is 17.8 Å². The van der Waals surface area contributed by atoms with E-state index in [0.29, 0.717) is 23.3 Å². The number of piperidine rings is 1. The van der Waals surface area contributed by atoms with Gasteiger partial charge in [0.15, 0.2) is 0 Å². The Morgan fingerprint density at radius 2 is 2.08 bits per heavy atom. The quantitative estimate of drug-likeness (QED) is 0.860. The predicted molar refractivity (Wildman–Crippen MR) is 93.9 cm³/mol.